The Morgan fingerprint density at radius 1 is 1.15 bits per heavy atom. The third-order valence-electron chi connectivity index (χ3n) is 7.97. The van der Waals surface area contributed by atoms with Crippen molar-refractivity contribution in [3.8, 4) is 5.75 Å². The molecule has 3 aliphatic carbocycles. The van der Waals surface area contributed by atoms with E-state index in [1.54, 1.807) is 30.8 Å². The predicted molar refractivity (Wildman–Crippen MR) is 146 cm³/mol. The average Bonchev–Trinajstić information content (AvgIpc) is 2.89. The molecule has 0 unspecified atom stereocenters. The Hall–Kier alpha value is -3.35. The number of hydrogen-bond donors (Lipinski definition) is 5. The number of aliphatic hydroxyl groups excluding tert-OH is 2. The lowest BCUT2D eigenvalue weighted by Gasteiger charge is -2.54. The number of fused-ring (bicyclic) bond motifs is 3. The van der Waals surface area contributed by atoms with Crippen LogP contribution in [-0.2, 0) is 23.9 Å². The van der Waals surface area contributed by atoms with Crippen molar-refractivity contribution < 1.29 is 44.3 Å². The molecule has 1 aromatic carbocycles. The van der Waals surface area contributed by atoms with Crippen LogP contribution in [-0.4, -0.2) is 92.1 Å². The van der Waals surface area contributed by atoms with Gasteiger partial charge >= 0.3 is 5.97 Å². The molecule has 6 atom stereocenters. The molecule has 1 fully saturated rings. The van der Waals surface area contributed by atoms with Gasteiger partial charge in [0.05, 0.1) is 17.5 Å². The van der Waals surface area contributed by atoms with Crippen molar-refractivity contribution in [2.24, 2.45) is 17.6 Å². The number of thioether (sulfide) groups is 1. The summed E-state index contributed by atoms with van der Waals surface area (Å²) in [5.74, 6) is -8.42. The maximum atomic E-state index is 14.3. The number of nitrogens with two attached hydrogens (primary N) is 1. The molecule has 0 bridgehead atoms. The second-order valence-corrected chi connectivity index (χ2v) is 11.7. The summed E-state index contributed by atoms with van der Waals surface area (Å²) in [4.78, 5) is 54.3. The van der Waals surface area contributed by atoms with Gasteiger partial charge in [-0.05, 0) is 37.9 Å². The molecule has 1 amide bonds. The maximum Gasteiger partial charge on any atom is 0.305 e. The lowest BCUT2D eigenvalue weighted by Crippen LogP contribution is -2.71. The molecule has 0 heterocycles. The second kappa shape index (κ2) is 10.9. The van der Waals surface area contributed by atoms with E-state index in [0.29, 0.717) is 11.3 Å². The maximum absolute atomic E-state index is 14.3. The van der Waals surface area contributed by atoms with Crippen LogP contribution < -0.4 is 5.73 Å². The summed E-state index contributed by atoms with van der Waals surface area (Å²) in [6.07, 6.45) is -0.623. The van der Waals surface area contributed by atoms with Gasteiger partial charge < -0.3 is 30.9 Å². The van der Waals surface area contributed by atoms with Gasteiger partial charge in [0, 0.05) is 29.6 Å². The van der Waals surface area contributed by atoms with Gasteiger partial charge in [-0.3, -0.25) is 24.1 Å². The van der Waals surface area contributed by atoms with Crippen molar-refractivity contribution in [2.75, 3.05) is 25.6 Å². The van der Waals surface area contributed by atoms with Gasteiger partial charge in [-0.2, -0.15) is 11.8 Å². The minimum Gasteiger partial charge on any atom is -0.508 e. The monoisotopic (exact) mass is 574 g/mol. The van der Waals surface area contributed by atoms with Crippen LogP contribution in [0.1, 0.15) is 43.7 Å². The largest absolute Gasteiger partial charge is 0.508 e. The predicted octanol–water partition coefficient (Wildman–Crippen LogP) is 1.58. The molecule has 4 rings (SSSR count). The molecule has 0 radical (unpaired) electrons. The number of hydrogen-bond acceptors (Lipinski definition) is 11. The number of rotatable bonds is 8. The van der Waals surface area contributed by atoms with Crippen LogP contribution >= 0.6 is 11.8 Å². The standard InChI is InChI=1S/C28H34N2O9S/c1-5-10-40-11-13-12-8-7-9-14(31)16(12)22(33)18-17(13)24(39-15(32)6-2)20-21(30(3)4)23(34)19(27(29)37)26(36)28(20,38)25(18)35/h7-9,13,17,20-21,24,31,33,36,38H,5-6,10-11H2,1-4H3,(H2,29,37)/t13-,17+,20+,21-,24-,28-/m0/s1. The Kier molecular flexibility index (Phi) is 8.08. The van der Waals surface area contributed by atoms with E-state index in [1.165, 1.54) is 25.1 Å². The number of carbonyl (C=O) groups excluding carboxylic acids is 4. The van der Waals surface area contributed by atoms with Crippen molar-refractivity contribution in [1.29, 1.82) is 0 Å². The number of ether oxygens (including phenoxy) is 1. The molecule has 40 heavy (non-hydrogen) atoms. The Morgan fingerprint density at radius 2 is 1.82 bits per heavy atom. The lowest BCUT2D eigenvalue weighted by atomic mass is 9.54. The minimum absolute atomic E-state index is 0.0125. The highest BCUT2D eigenvalue weighted by Gasteiger charge is 2.69. The van der Waals surface area contributed by atoms with Gasteiger partial charge in [0.25, 0.3) is 5.91 Å². The summed E-state index contributed by atoms with van der Waals surface area (Å²) >= 11 is 1.56. The molecule has 1 aromatic rings. The lowest BCUT2D eigenvalue weighted by molar-refractivity contribution is -0.185. The highest BCUT2D eigenvalue weighted by Crippen LogP contribution is 2.57. The number of amides is 1. The number of primary amides is 1. The zero-order valence-electron chi connectivity index (χ0n) is 22.7. The summed E-state index contributed by atoms with van der Waals surface area (Å²) in [6.45, 7) is 3.55. The Balaban J connectivity index is 2.10. The van der Waals surface area contributed by atoms with Crippen molar-refractivity contribution in [3.63, 3.8) is 0 Å². The van der Waals surface area contributed by atoms with E-state index in [9.17, 15) is 39.6 Å². The number of Topliss-reactive ketones (excluding diaryl/α,β-unsaturated/α-hetero) is 2. The molecule has 1 saturated carbocycles. The van der Waals surface area contributed by atoms with Crippen LogP contribution in [0.2, 0.25) is 0 Å². The molecule has 0 aromatic heterocycles. The number of benzene rings is 1. The summed E-state index contributed by atoms with van der Waals surface area (Å²) in [6, 6.07) is 3.23. The van der Waals surface area contributed by atoms with Crippen LogP contribution in [0.15, 0.2) is 35.1 Å². The van der Waals surface area contributed by atoms with Gasteiger partial charge in [0.15, 0.2) is 11.4 Å². The normalized spacial score (nSPS) is 29.7. The van der Waals surface area contributed by atoms with E-state index in [1.807, 2.05) is 6.92 Å². The van der Waals surface area contributed by atoms with E-state index < -0.39 is 76.0 Å². The average molecular weight is 575 g/mol. The minimum atomic E-state index is -2.95. The fourth-order valence-corrected chi connectivity index (χ4v) is 7.39. The van der Waals surface area contributed by atoms with Crippen molar-refractivity contribution >= 4 is 41.0 Å². The number of nitrogens with zero attached hydrogens (tertiary/aromatic N) is 1. The van der Waals surface area contributed by atoms with E-state index in [-0.39, 0.29) is 23.3 Å². The molecule has 3 aliphatic rings. The third kappa shape index (κ3) is 4.29. The second-order valence-electron chi connectivity index (χ2n) is 10.5. The molecule has 6 N–H and O–H groups in total. The van der Waals surface area contributed by atoms with Crippen LogP contribution in [0, 0.1) is 11.8 Å². The van der Waals surface area contributed by atoms with E-state index in [4.69, 9.17) is 10.5 Å². The molecule has 216 valence electrons. The van der Waals surface area contributed by atoms with Gasteiger partial charge in [0.1, 0.15) is 28.9 Å². The molecular weight excluding hydrogens is 540 g/mol. The first-order valence-electron chi connectivity index (χ1n) is 13.1. The molecule has 0 spiro atoms. The van der Waals surface area contributed by atoms with Crippen LogP contribution in [0.4, 0.5) is 0 Å². The van der Waals surface area contributed by atoms with E-state index in [2.05, 4.69) is 0 Å². The van der Waals surface area contributed by atoms with Gasteiger partial charge in [0.2, 0.25) is 5.78 Å². The van der Waals surface area contributed by atoms with Crippen LogP contribution in [0.25, 0.3) is 5.76 Å². The highest BCUT2D eigenvalue weighted by molar-refractivity contribution is 7.99. The zero-order chi connectivity index (χ0) is 29.7. The van der Waals surface area contributed by atoms with Crippen molar-refractivity contribution in [1.82, 2.24) is 4.90 Å². The summed E-state index contributed by atoms with van der Waals surface area (Å²) in [7, 11) is 2.97. The summed E-state index contributed by atoms with van der Waals surface area (Å²) in [5, 5.41) is 45.4. The zero-order valence-corrected chi connectivity index (χ0v) is 23.5. The molecule has 11 nitrogen and oxygen atoms in total. The molecular formula is C28H34N2O9S. The van der Waals surface area contributed by atoms with E-state index in [0.717, 1.165) is 12.2 Å². The van der Waals surface area contributed by atoms with Gasteiger partial charge in [-0.25, -0.2) is 0 Å². The SMILES string of the molecule is CCCSC[C@H]1c2cccc(O)c2C(O)=C2C(=O)[C@]3(O)C(O)=C(C(N)=O)C(=O)[C@@H](N(C)C)[C@@H]3[C@@H](OC(=O)CC)[C@@H]21. The van der Waals surface area contributed by atoms with Crippen molar-refractivity contribution in [2.45, 2.75) is 50.4 Å². The number of aromatic hydroxyl groups is 1. The first-order valence-corrected chi connectivity index (χ1v) is 14.2. The fourth-order valence-electron chi connectivity index (χ4n) is 6.30. The Labute approximate surface area is 235 Å². The Bertz CT molecular complexity index is 1340. The van der Waals surface area contributed by atoms with Gasteiger partial charge in [-0.15, -0.1) is 0 Å². The number of likely N-dealkylation sites (N-methyl/N-ethyl adjacent to an activating group) is 1. The number of phenols is 1. The first kappa shape index (κ1) is 29.6. The first-order chi connectivity index (χ1) is 18.8. The number of ketones is 2. The summed E-state index contributed by atoms with van der Waals surface area (Å²) in [5.41, 5.74) is 1.63. The third-order valence-corrected chi connectivity index (χ3v) is 9.26. The van der Waals surface area contributed by atoms with Crippen LogP contribution in [0.5, 0.6) is 5.75 Å². The Morgan fingerprint density at radius 3 is 2.40 bits per heavy atom. The number of aliphatic hydroxyl groups is 3. The molecule has 12 heteroatoms. The smallest absolute Gasteiger partial charge is 0.305 e. The molecule has 0 aliphatic heterocycles. The summed E-state index contributed by atoms with van der Waals surface area (Å²) < 4.78 is 5.90. The number of carbonyl (C=O) groups is 4. The van der Waals surface area contributed by atoms with Gasteiger partial charge in [-0.1, -0.05) is 26.0 Å². The molecule has 0 saturated heterocycles. The quantitative estimate of drug-likeness (QED) is 0.172. The van der Waals surface area contributed by atoms with Crippen molar-refractivity contribution in [3.05, 3.63) is 46.2 Å². The fraction of sp³-hybridized carbons (Fsp3) is 0.500. The number of phenolic OH excluding ortho intramolecular Hbond substituents is 1. The van der Waals surface area contributed by atoms with E-state index >= 15 is 0 Å². The van der Waals surface area contributed by atoms with Crippen LogP contribution in [0.3, 0.4) is 0 Å². The highest BCUT2D eigenvalue weighted by atomic mass is 32.2. The topological polar surface area (TPSA) is 188 Å². The number of esters is 1.